The van der Waals surface area contributed by atoms with Crippen molar-refractivity contribution in [3.63, 3.8) is 0 Å². The Morgan fingerprint density at radius 1 is 1.37 bits per heavy atom. The molecule has 19 heavy (non-hydrogen) atoms. The molecule has 0 aromatic carbocycles. The van der Waals surface area contributed by atoms with Crippen molar-refractivity contribution in [1.82, 2.24) is 9.96 Å². The van der Waals surface area contributed by atoms with Crippen LogP contribution in [0.4, 0.5) is 4.79 Å². The summed E-state index contributed by atoms with van der Waals surface area (Å²) < 4.78 is 30.5. The smallest absolute Gasteiger partial charge is 0.287 e. The molecule has 3 bridgehead atoms. The van der Waals surface area contributed by atoms with Crippen LogP contribution in [0.25, 0.3) is 0 Å². The summed E-state index contributed by atoms with van der Waals surface area (Å²) in [6, 6.07) is -1.05. The largest absolute Gasteiger partial charge is 0.423 e. The van der Waals surface area contributed by atoms with Gasteiger partial charge in [0.05, 0.1) is 6.04 Å². The van der Waals surface area contributed by atoms with E-state index in [0.717, 1.165) is 9.96 Å². The maximum Gasteiger partial charge on any atom is 0.423 e. The van der Waals surface area contributed by atoms with E-state index in [2.05, 4.69) is 4.28 Å². The van der Waals surface area contributed by atoms with Gasteiger partial charge >= 0.3 is 16.4 Å². The number of hydrogen-bond acceptors (Lipinski definition) is 5. The van der Waals surface area contributed by atoms with Gasteiger partial charge in [0.25, 0.3) is 0 Å². The van der Waals surface area contributed by atoms with Gasteiger partial charge in [0, 0.05) is 42.5 Å². The maximum absolute atomic E-state index is 12.0. The first-order chi connectivity index (χ1) is 8.16. The second-order valence-corrected chi connectivity index (χ2v) is 7.67. The molecule has 0 spiro atoms. The molecule has 0 aromatic rings. The van der Waals surface area contributed by atoms with Crippen molar-refractivity contribution in [2.75, 3.05) is 6.54 Å². The molecule has 2 atom stereocenters. The standard InChI is InChI=1S/C7H7Cl3N2O5S.Na/c8-7(9,10)6-2-1-4-3-11(6)5(13)12(4)17-18(14,15)16-6;/h4H,1-3H2;/t4-,6+;/m1./s1. The summed E-state index contributed by atoms with van der Waals surface area (Å²) in [6.45, 7) is 0.197. The molecule has 3 aliphatic rings. The predicted molar refractivity (Wildman–Crippen MR) is 66.8 cm³/mol. The van der Waals surface area contributed by atoms with Gasteiger partial charge in [0.1, 0.15) is 0 Å². The number of fused-ring (bicyclic) bond motifs is 3. The van der Waals surface area contributed by atoms with Crippen molar-refractivity contribution in [3.8, 4) is 0 Å². The first-order valence-corrected chi connectivity index (χ1v) is 7.46. The molecule has 103 valence electrons. The summed E-state index contributed by atoms with van der Waals surface area (Å²) in [5.41, 5.74) is -1.85. The Morgan fingerprint density at radius 2 is 2.00 bits per heavy atom. The van der Waals surface area contributed by atoms with Crippen LogP contribution < -0.4 is 0 Å². The average molecular weight is 361 g/mol. The number of hydroxylamine groups is 2. The van der Waals surface area contributed by atoms with E-state index in [0.29, 0.717) is 6.42 Å². The quantitative estimate of drug-likeness (QED) is 0.471. The number of halogens is 3. The zero-order valence-electron chi connectivity index (χ0n) is 9.68. The molecule has 1 radical (unpaired) electrons. The Morgan fingerprint density at radius 3 is 2.58 bits per heavy atom. The van der Waals surface area contributed by atoms with E-state index in [1.54, 1.807) is 0 Å². The third kappa shape index (κ3) is 2.29. The summed E-state index contributed by atoms with van der Waals surface area (Å²) in [6.07, 6.45) is 0.519. The van der Waals surface area contributed by atoms with Crippen molar-refractivity contribution in [1.29, 1.82) is 0 Å². The Bertz CT molecular complexity index is 525. The molecular formula is C7H7Cl3N2NaO5S. The van der Waals surface area contributed by atoms with Crippen LogP contribution in [0.3, 0.4) is 0 Å². The fourth-order valence-electron chi connectivity index (χ4n) is 2.45. The molecule has 3 saturated heterocycles. The van der Waals surface area contributed by atoms with E-state index < -0.39 is 25.9 Å². The van der Waals surface area contributed by atoms with Crippen molar-refractivity contribution < 1.29 is 21.7 Å². The Labute approximate surface area is 146 Å². The number of urea groups is 1. The van der Waals surface area contributed by atoms with Crippen LogP contribution >= 0.6 is 34.8 Å². The second kappa shape index (κ2) is 4.76. The van der Waals surface area contributed by atoms with Gasteiger partial charge in [-0.25, -0.2) is 8.98 Å². The number of rotatable bonds is 0. The first-order valence-electron chi connectivity index (χ1n) is 4.99. The maximum atomic E-state index is 12.0. The number of nitrogens with zero attached hydrogens (tertiary/aromatic N) is 2. The first kappa shape index (κ1) is 16.4. The van der Waals surface area contributed by atoms with Crippen molar-refractivity contribution in [3.05, 3.63) is 0 Å². The predicted octanol–water partition coefficient (Wildman–Crippen LogP) is 0.779. The monoisotopic (exact) mass is 359 g/mol. The molecule has 0 N–H and O–H groups in total. The van der Waals surface area contributed by atoms with Crippen LogP contribution in [-0.4, -0.2) is 76.1 Å². The number of piperidine rings is 1. The van der Waals surface area contributed by atoms with Gasteiger partial charge in [-0.3, -0.25) is 4.90 Å². The molecule has 3 fully saturated rings. The van der Waals surface area contributed by atoms with Gasteiger partial charge in [-0.2, -0.15) is 13.5 Å². The molecule has 0 unspecified atom stereocenters. The number of hydrogen-bond donors (Lipinski definition) is 0. The summed E-state index contributed by atoms with van der Waals surface area (Å²) in [5.74, 6) is 0. The molecule has 0 saturated carbocycles. The van der Waals surface area contributed by atoms with Crippen molar-refractivity contribution in [2.24, 2.45) is 0 Å². The number of amides is 2. The van der Waals surface area contributed by atoms with Gasteiger partial charge in [-0.15, -0.1) is 4.28 Å². The fourth-order valence-corrected chi connectivity index (χ4v) is 4.34. The number of carbonyl (C=O) groups is 1. The van der Waals surface area contributed by atoms with E-state index in [9.17, 15) is 13.2 Å². The summed E-state index contributed by atoms with van der Waals surface area (Å²) >= 11 is 17.5. The van der Waals surface area contributed by atoms with E-state index in [4.69, 9.17) is 39.0 Å². The van der Waals surface area contributed by atoms with Gasteiger partial charge in [0.15, 0.2) is 0 Å². The zero-order chi connectivity index (χ0) is 13.3. The van der Waals surface area contributed by atoms with Crippen LogP contribution in [0, 0.1) is 0 Å². The van der Waals surface area contributed by atoms with E-state index in [1.165, 1.54) is 0 Å². The summed E-state index contributed by atoms with van der Waals surface area (Å²) in [5, 5.41) is 0.764. The van der Waals surface area contributed by atoms with E-state index in [-0.39, 0.29) is 48.6 Å². The molecule has 3 heterocycles. The van der Waals surface area contributed by atoms with Gasteiger partial charge in [0.2, 0.25) is 9.52 Å². The number of carbonyl (C=O) groups excluding carboxylic acids is 1. The molecule has 0 aliphatic carbocycles. The van der Waals surface area contributed by atoms with Crippen LogP contribution in [0.15, 0.2) is 0 Å². The van der Waals surface area contributed by atoms with E-state index in [1.807, 2.05) is 0 Å². The van der Waals surface area contributed by atoms with Crippen LogP contribution in [0.5, 0.6) is 0 Å². The van der Waals surface area contributed by atoms with Crippen molar-refractivity contribution >= 4 is 80.8 Å². The molecular weight excluding hydrogens is 354 g/mol. The molecule has 12 heteroatoms. The second-order valence-electron chi connectivity index (χ2n) is 4.26. The molecule has 3 rings (SSSR count). The van der Waals surface area contributed by atoms with Crippen LogP contribution in [0.2, 0.25) is 0 Å². The van der Waals surface area contributed by atoms with Crippen molar-refractivity contribution in [2.45, 2.75) is 28.4 Å². The molecule has 3 aliphatic heterocycles. The van der Waals surface area contributed by atoms with E-state index >= 15 is 0 Å². The van der Waals surface area contributed by atoms with Gasteiger partial charge in [-0.1, -0.05) is 34.8 Å². The summed E-state index contributed by atoms with van der Waals surface area (Å²) in [4.78, 5) is 13.1. The van der Waals surface area contributed by atoms with Gasteiger partial charge < -0.3 is 0 Å². The minimum absolute atomic E-state index is 0. The third-order valence-corrected chi connectivity index (χ3v) is 4.96. The molecule has 7 nitrogen and oxygen atoms in total. The average Bonchev–Trinajstić information content (AvgIpc) is 2.39. The van der Waals surface area contributed by atoms with Crippen LogP contribution in [-0.2, 0) is 18.9 Å². The van der Waals surface area contributed by atoms with Crippen LogP contribution in [0.1, 0.15) is 12.8 Å². The van der Waals surface area contributed by atoms with Gasteiger partial charge in [-0.05, 0) is 6.42 Å². The third-order valence-electron chi connectivity index (χ3n) is 3.25. The number of alkyl halides is 3. The zero-order valence-corrected chi connectivity index (χ0v) is 14.8. The summed E-state index contributed by atoms with van der Waals surface area (Å²) in [7, 11) is -4.45. The minimum Gasteiger partial charge on any atom is -0.287 e. The molecule has 2 amide bonds. The fraction of sp³-hybridized carbons (Fsp3) is 0.857. The topological polar surface area (TPSA) is 76.1 Å². The SMILES string of the molecule is O=C1N2OS(=O)(=O)O[C@]3(C(Cl)(Cl)Cl)CC[C@@H]2CN13.[Na]. The normalized spacial score (nSPS) is 36.2. The Hall–Kier alpha value is 1.01. The molecule has 0 aromatic heterocycles. The Kier molecular flexibility index (Phi) is 4.10. The Balaban J connectivity index is 0.00000133. The minimum atomic E-state index is -4.45.